The average molecular weight is 203 g/mol. The fraction of sp³-hybridized carbons (Fsp3) is 0.533. The molecule has 0 spiro atoms. The molecule has 15 heavy (non-hydrogen) atoms. The highest BCUT2D eigenvalue weighted by Gasteiger charge is 2.03. The van der Waals surface area contributed by atoms with Crippen LogP contribution in [0.25, 0.3) is 0 Å². The van der Waals surface area contributed by atoms with Crippen molar-refractivity contribution < 1.29 is 0 Å². The van der Waals surface area contributed by atoms with Crippen LogP contribution in [0.2, 0.25) is 0 Å². The Bertz CT molecular complexity index is 287. The standard InChI is InChI=1S/C15H23/c1-5-6-7-8-9-15-13(3)10-12(2)11-14(15)4/h9-11H,5-8H2,1-4H3. The van der Waals surface area contributed by atoms with E-state index in [4.69, 9.17) is 0 Å². The summed E-state index contributed by atoms with van der Waals surface area (Å²) in [6, 6.07) is 4.55. The molecule has 0 nitrogen and oxygen atoms in total. The van der Waals surface area contributed by atoms with Crippen molar-refractivity contribution in [2.24, 2.45) is 0 Å². The molecule has 0 fully saturated rings. The molecule has 0 saturated heterocycles. The molecule has 0 saturated carbocycles. The fourth-order valence-corrected chi connectivity index (χ4v) is 2.15. The van der Waals surface area contributed by atoms with Crippen molar-refractivity contribution in [3.63, 3.8) is 0 Å². The van der Waals surface area contributed by atoms with Gasteiger partial charge in [0.2, 0.25) is 0 Å². The summed E-state index contributed by atoms with van der Waals surface area (Å²) in [7, 11) is 0. The summed E-state index contributed by atoms with van der Waals surface area (Å²) in [5.74, 6) is 0. The topological polar surface area (TPSA) is 0 Å². The Kier molecular flexibility index (Phi) is 4.87. The first-order valence-corrected chi connectivity index (χ1v) is 6.06. The van der Waals surface area contributed by atoms with Crippen LogP contribution in [-0.2, 0) is 0 Å². The fourth-order valence-electron chi connectivity index (χ4n) is 2.15. The lowest BCUT2D eigenvalue weighted by molar-refractivity contribution is 0.714. The molecule has 1 aromatic rings. The number of unbranched alkanes of at least 4 members (excludes halogenated alkanes) is 3. The summed E-state index contributed by atoms with van der Waals surface area (Å²) in [5, 5.41) is 0. The minimum Gasteiger partial charge on any atom is -0.0654 e. The summed E-state index contributed by atoms with van der Waals surface area (Å²) in [5.41, 5.74) is 5.67. The molecule has 0 aromatic heterocycles. The molecule has 0 heterocycles. The molecule has 83 valence electrons. The summed E-state index contributed by atoms with van der Waals surface area (Å²) >= 11 is 0. The molecule has 0 N–H and O–H groups in total. The highest BCUT2D eigenvalue weighted by Crippen LogP contribution is 2.20. The lowest BCUT2D eigenvalue weighted by Crippen LogP contribution is -1.93. The zero-order chi connectivity index (χ0) is 11.3. The van der Waals surface area contributed by atoms with Gasteiger partial charge in [-0.3, -0.25) is 0 Å². The molecule has 0 aliphatic carbocycles. The van der Waals surface area contributed by atoms with Crippen molar-refractivity contribution in [3.8, 4) is 0 Å². The third-order valence-corrected chi connectivity index (χ3v) is 2.89. The molecule has 0 heteroatoms. The van der Waals surface area contributed by atoms with Crippen LogP contribution in [-0.4, -0.2) is 0 Å². The van der Waals surface area contributed by atoms with Crippen LogP contribution in [0.4, 0.5) is 0 Å². The van der Waals surface area contributed by atoms with Gasteiger partial charge < -0.3 is 0 Å². The first-order valence-electron chi connectivity index (χ1n) is 6.06. The van der Waals surface area contributed by atoms with Crippen molar-refractivity contribution in [1.29, 1.82) is 0 Å². The number of hydrogen-bond acceptors (Lipinski definition) is 0. The maximum Gasteiger partial charge on any atom is -0.00876 e. The van der Waals surface area contributed by atoms with Crippen molar-refractivity contribution in [2.75, 3.05) is 0 Å². The smallest absolute Gasteiger partial charge is 0.00876 e. The van der Waals surface area contributed by atoms with Gasteiger partial charge in [-0.2, -0.15) is 0 Å². The van der Waals surface area contributed by atoms with Gasteiger partial charge in [0.25, 0.3) is 0 Å². The molecule has 0 atom stereocenters. The molecule has 0 unspecified atom stereocenters. The first-order chi connectivity index (χ1) is 7.15. The Labute approximate surface area is 94.7 Å². The van der Waals surface area contributed by atoms with Crippen LogP contribution in [0, 0.1) is 27.2 Å². The Morgan fingerprint density at radius 1 is 1.00 bits per heavy atom. The van der Waals surface area contributed by atoms with Gasteiger partial charge in [-0.1, -0.05) is 43.9 Å². The van der Waals surface area contributed by atoms with Crippen LogP contribution in [0.1, 0.15) is 54.9 Å². The summed E-state index contributed by atoms with van der Waals surface area (Å²) in [6.45, 7) is 8.85. The van der Waals surface area contributed by atoms with E-state index in [2.05, 4.69) is 46.2 Å². The number of rotatable bonds is 5. The zero-order valence-corrected chi connectivity index (χ0v) is 10.6. The van der Waals surface area contributed by atoms with Crippen LogP contribution >= 0.6 is 0 Å². The quantitative estimate of drug-likeness (QED) is 0.606. The maximum atomic E-state index is 2.40. The molecule has 0 bridgehead atoms. The van der Waals surface area contributed by atoms with E-state index in [9.17, 15) is 0 Å². The largest absolute Gasteiger partial charge is 0.0654 e. The molecule has 1 aromatic carbocycles. The minimum absolute atomic E-state index is 1.22. The van der Waals surface area contributed by atoms with Crippen molar-refractivity contribution in [2.45, 2.75) is 53.4 Å². The van der Waals surface area contributed by atoms with Gasteiger partial charge in [-0.05, 0) is 50.3 Å². The van der Waals surface area contributed by atoms with E-state index in [0.29, 0.717) is 0 Å². The van der Waals surface area contributed by atoms with Gasteiger partial charge in [0.15, 0.2) is 0 Å². The predicted octanol–water partition coefficient (Wildman–Crippen LogP) is 4.74. The van der Waals surface area contributed by atoms with Gasteiger partial charge in [-0.25, -0.2) is 0 Å². The highest BCUT2D eigenvalue weighted by molar-refractivity contribution is 5.41. The summed E-state index contributed by atoms with van der Waals surface area (Å²) < 4.78 is 0. The van der Waals surface area contributed by atoms with E-state index < -0.39 is 0 Å². The van der Waals surface area contributed by atoms with Gasteiger partial charge in [0.05, 0.1) is 0 Å². The SMILES string of the molecule is CCCCC[CH]c1c(C)cc(C)cc1C. The maximum absolute atomic E-state index is 2.40. The van der Waals surface area contributed by atoms with E-state index in [-0.39, 0.29) is 0 Å². The molecule has 1 rings (SSSR count). The molecule has 0 amide bonds. The lowest BCUT2D eigenvalue weighted by atomic mass is 9.95. The molecular formula is C15H23. The minimum atomic E-state index is 1.22. The second kappa shape index (κ2) is 5.95. The zero-order valence-electron chi connectivity index (χ0n) is 10.6. The monoisotopic (exact) mass is 203 g/mol. The van der Waals surface area contributed by atoms with Crippen molar-refractivity contribution in [1.82, 2.24) is 0 Å². The summed E-state index contributed by atoms with van der Waals surface area (Å²) in [4.78, 5) is 0. The Balaban J connectivity index is 2.60. The summed E-state index contributed by atoms with van der Waals surface area (Å²) in [6.07, 6.45) is 7.60. The molecule has 1 radical (unpaired) electrons. The van der Waals surface area contributed by atoms with Crippen molar-refractivity contribution in [3.05, 3.63) is 40.8 Å². The van der Waals surface area contributed by atoms with E-state index in [0.717, 1.165) is 0 Å². The number of hydrogen-bond donors (Lipinski definition) is 0. The van der Waals surface area contributed by atoms with E-state index in [1.54, 1.807) is 0 Å². The second-order valence-corrected chi connectivity index (χ2v) is 4.51. The third kappa shape index (κ3) is 3.70. The predicted molar refractivity (Wildman–Crippen MR) is 68.2 cm³/mol. The second-order valence-electron chi connectivity index (χ2n) is 4.51. The Morgan fingerprint density at radius 2 is 1.60 bits per heavy atom. The number of benzene rings is 1. The lowest BCUT2D eigenvalue weighted by Gasteiger charge is -2.10. The molecular weight excluding hydrogens is 180 g/mol. The Hall–Kier alpha value is -0.780. The number of aryl methyl sites for hydroxylation is 3. The van der Waals surface area contributed by atoms with Crippen LogP contribution in [0.5, 0.6) is 0 Å². The first kappa shape index (κ1) is 12.3. The van der Waals surface area contributed by atoms with Crippen molar-refractivity contribution >= 4 is 0 Å². The van der Waals surface area contributed by atoms with Gasteiger partial charge in [0.1, 0.15) is 0 Å². The van der Waals surface area contributed by atoms with E-state index in [1.807, 2.05) is 0 Å². The van der Waals surface area contributed by atoms with E-state index in [1.165, 1.54) is 47.9 Å². The van der Waals surface area contributed by atoms with E-state index >= 15 is 0 Å². The van der Waals surface area contributed by atoms with Gasteiger partial charge >= 0.3 is 0 Å². The van der Waals surface area contributed by atoms with Gasteiger partial charge in [-0.15, -0.1) is 0 Å². The Morgan fingerprint density at radius 3 is 2.13 bits per heavy atom. The molecule has 0 aliphatic heterocycles. The van der Waals surface area contributed by atoms with Gasteiger partial charge in [0, 0.05) is 0 Å². The average Bonchev–Trinajstić information content (AvgIpc) is 2.15. The third-order valence-electron chi connectivity index (χ3n) is 2.89. The van der Waals surface area contributed by atoms with Crippen LogP contribution < -0.4 is 0 Å². The van der Waals surface area contributed by atoms with Crippen LogP contribution in [0.15, 0.2) is 12.1 Å². The van der Waals surface area contributed by atoms with Crippen LogP contribution in [0.3, 0.4) is 0 Å². The molecule has 0 aliphatic rings. The normalized spacial score (nSPS) is 10.7. The highest BCUT2D eigenvalue weighted by atomic mass is 14.1.